The molecule has 1 atom stereocenters. The maximum atomic E-state index is 13.3. The molecule has 0 bridgehead atoms. The zero-order valence-corrected chi connectivity index (χ0v) is 22.4. The third-order valence-electron chi connectivity index (χ3n) is 7.29. The van der Waals surface area contributed by atoms with E-state index in [0.29, 0.717) is 55.4 Å². The van der Waals surface area contributed by atoms with Crippen LogP contribution in [0.1, 0.15) is 56.6 Å². The number of halogens is 5. The van der Waals surface area contributed by atoms with Gasteiger partial charge >= 0.3 is 6.18 Å². The minimum Gasteiger partial charge on any atom is -0.381 e. The van der Waals surface area contributed by atoms with Gasteiger partial charge in [-0.3, -0.25) is 9.36 Å². The second-order valence-corrected chi connectivity index (χ2v) is 10.8. The molecule has 2 fully saturated rings. The fourth-order valence-corrected chi connectivity index (χ4v) is 5.79. The van der Waals surface area contributed by atoms with Gasteiger partial charge in [0.05, 0.1) is 27.5 Å². The predicted molar refractivity (Wildman–Crippen MR) is 142 cm³/mol. The van der Waals surface area contributed by atoms with Crippen LogP contribution in [0.15, 0.2) is 18.3 Å². The van der Waals surface area contributed by atoms with Crippen molar-refractivity contribution in [1.29, 1.82) is 0 Å². The second kappa shape index (κ2) is 11.3. The number of carbonyl (C=O) groups excluding carboxylic acids is 1. The number of nitrogens with one attached hydrogen (secondary N) is 2. The standard InChI is InChI=1S/C25H28Cl2F3N7O2/c26-17-10-14(25(28,29)30)11-18(27)20(17)35-24-34-19-12-32-23(33-15-2-1-8-39-9-7-15)36-22(19)37(24)16-5-3-13(4-6-16)21(31)38/h10-13,15-16H,1-9H2,(H2,31,38)(H,34,35)(H,32,33,36)/t13?,15-,16?/m0/s1. The molecule has 2 aliphatic rings. The first kappa shape index (κ1) is 27.7. The number of nitrogens with zero attached hydrogens (tertiary/aromatic N) is 4. The Kier molecular flexibility index (Phi) is 8.06. The Labute approximate surface area is 232 Å². The number of anilines is 3. The molecular formula is C25H28Cl2F3N7O2. The number of imidazole rings is 1. The summed E-state index contributed by atoms with van der Waals surface area (Å²) < 4.78 is 47.2. The Morgan fingerprint density at radius 1 is 1.05 bits per heavy atom. The molecule has 210 valence electrons. The van der Waals surface area contributed by atoms with Crippen molar-refractivity contribution in [3.63, 3.8) is 0 Å². The first-order valence-corrected chi connectivity index (χ1v) is 13.6. The van der Waals surface area contributed by atoms with Crippen LogP contribution < -0.4 is 16.4 Å². The number of benzene rings is 1. The summed E-state index contributed by atoms with van der Waals surface area (Å²) in [4.78, 5) is 25.6. The number of amides is 1. The SMILES string of the molecule is NC(=O)C1CCC(n2c(Nc3c(Cl)cc(C(F)(F)F)cc3Cl)nc3cnc(N[C@H]4CCCOCC4)nc32)CC1. The molecule has 0 radical (unpaired) electrons. The van der Waals surface area contributed by atoms with Gasteiger partial charge in [-0.2, -0.15) is 18.2 Å². The fourth-order valence-electron chi connectivity index (χ4n) is 5.21. The number of ether oxygens (including phenoxy) is 1. The lowest BCUT2D eigenvalue weighted by Crippen LogP contribution is -2.29. The van der Waals surface area contributed by atoms with E-state index < -0.39 is 11.7 Å². The third-order valence-corrected chi connectivity index (χ3v) is 7.88. The molecular weight excluding hydrogens is 558 g/mol. The summed E-state index contributed by atoms with van der Waals surface area (Å²) in [5, 5.41) is 6.03. The number of aromatic nitrogens is 4. The number of fused-ring (bicyclic) bond motifs is 1. The lowest BCUT2D eigenvalue weighted by atomic mass is 9.85. The van der Waals surface area contributed by atoms with Crippen LogP contribution in [0.25, 0.3) is 11.2 Å². The number of alkyl halides is 3. The summed E-state index contributed by atoms with van der Waals surface area (Å²) in [5.74, 6) is 0.214. The smallest absolute Gasteiger partial charge is 0.381 e. The minimum atomic E-state index is -4.60. The van der Waals surface area contributed by atoms with Crippen LogP contribution in [-0.4, -0.2) is 44.7 Å². The van der Waals surface area contributed by atoms with Gasteiger partial charge in [-0.1, -0.05) is 23.2 Å². The molecule has 1 aliphatic carbocycles. The molecule has 4 N–H and O–H groups in total. The van der Waals surface area contributed by atoms with Gasteiger partial charge in [-0.15, -0.1) is 0 Å². The number of rotatable bonds is 6. The van der Waals surface area contributed by atoms with Crippen molar-refractivity contribution in [3.05, 3.63) is 33.9 Å². The van der Waals surface area contributed by atoms with Gasteiger partial charge in [0.25, 0.3) is 0 Å². The maximum Gasteiger partial charge on any atom is 0.416 e. The predicted octanol–water partition coefficient (Wildman–Crippen LogP) is 6.09. The van der Waals surface area contributed by atoms with E-state index in [1.807, 2.05) is 4.57 Å². The average Bonchev–Trinajstić information content (AvgIpc) is 3.03. The molecule has 1 amide bonds. The molecule has 0 spiro atoms. The molecule has 0 unspecified atom stereocenters. The van der Waals surface area contributed by atoms with Crippen molar-refractivity contribution < 1.29 is 22.7 Å². The van der Waals surface area contributed by atoms with Crippen LogP contribution in [0.4, 0.5) is 30.8 Å². The number of hydrogen-bond donors (Lipinski definition) is 3. The lowest BCUT2D eigenvalue weighted by Gasteiger charge is -2.29. The first-order valence-electron chi connectivity index (χ1n) is 12.8. The van der Waals surface area contributed by atoms with Crippen LogP contribution in [-0.2, 0) is 15.7 Å². The van der Waals surface area contributed by atoms with Crippen molar-refractivity contribution in [2.75, 3.05) is 23.8 Å². The molecule has 3 heterocycles. The maximum absolute atomic E-state index is 13.3. The van der Waals surface area contributed by atoms with Crippen molar-refractivity contribution in [2.24, 2.45) is 11.7 Å². The molecule has 1 aromatic carbocycles. The van der Waals surface area contributed by atoms with Gasteiger partial charge in [0, 0.05) is 31.2 Å². The van der Waals surface area contributed by atoms with Crippen LogP contribution in [0.5, 0.6) is 0 Å². The topological polar surface area (TPSA) is 120 Å². The van der Waals surface area contributed by atoms with Crippen LogP contribution in [0.3, 0.4) is 0 Å². The van der Waals surface area contributed by atoms with E-state index in [0.717, 1.165) is 38.0 Å². The monoisotopic (exact) mass is 585 g/mol. The molecule has 9 nitrogen and oxygen atoms in total. The highest BCUT2D eigenvalue weighted by atomic mass is 35.5. The summed E-state index contributed by atoms with van der Waals surface area (Å²) in [6.45, 7) is 1.38. The summed E-state index contributed by atoms with van der Waals surface area (Å²) in [6, 6.07) is 1.70. The van der Waals surface area contributed by atoms with E-state index in [9.17, 15) is 18.0 Å². The number of nitrogens with two attached hydrogens (primary N) is 1. The molecule has 1 aliphatic heterocycles. The van der Waals surface area contributed by atoms with Crippen molar-refractivity contribution in [2.45, 2.75) is 63.2 Å². The van der Waals surface area contributed by atoms with Gasteiger partial charge < -0.3 is 21.1 Å². The number of carbonyl (C=O) groups is 1. The van der Waals surface area contributed by atoms with Crippen molar-refractivity contribution in [3.8, 4) is 0 Å². The lowest BCUT2D eigenvalue weighted by molar-refractivity contribution is -0.137. The second-order valence-electron chi connectivity index (χ2n) is 9.94. The van der Waals surface area contributed by atoms with E-state index in [1.165, 1.54) is 0 Å². The van der Waals surface area contributed by atoms with Crippen molar-refractivity contribution in [1.82, 2.24) is 19.5 Å². The van der Waals surface area contributed by atoms with E-state index in [1.54, 1.807) is 6.20 Å². The van der Waals surface area contributed by atoms with Gasteiger partial charge in [0.15, 0.2) is 5.65 Å². The Balaban J connectivity index is 1.52. The third kappa shape index (κ3) is 6.17. The molecule has 14 heteroatoms. The Hall–Kier alpha value is -2.83. The molecule has 3 aromatic rings. The Morgan fingerprint density at radius 3 is 2.44 bits per heavy atom. The summed E-state index contributed by atoms with van der Waals surface area (Å²) in [6.07, 6.45) is 2.15. The van der Waals surface area contributed by atoms with Crippen LogP contribution >= 0.6 is 23.2 Å². The normalized spacial score (nSPS) is 22.4. The largest absolute Gasteiger partial charge is 0.416 e. The van der Waals surface area contributed by atoms with Gasteiger partial charge in [0.2, 0.25) is 17.8 Å². The number of primary amides is 1. The van der Waals surface area contributed by atoms with Crippen molar-refractivity contribution >= 4 is 57.9 Å². The zero-order chi connectivity index (χ0) is 27.7. The first-order chi connectivity index (χ1) is 18.6. The van der Waals surface area contributed by atoms with E-state index in [2.05, 4.69) is 20.6 Å². The summed E-state index contributed by atoms with van der Waals surface area (Å²) in [5.41, 5.74) is 5.71. The highest BCUT2D eigenvalue weighted by Gasteiger charge is 2.33. The van der Waals surface area contributed by atoms with E-state index >= 15 is 0 Å². The zero-order valence-electron chi connectivity index (χ0n) is 20.9. The average molecular weight is 586 g/mol. The highest BCUT2D eigenvalue weighted by molar-refractivity contribution is 6.39. The fraction of sp³-hybridized carbons (Fsp3) is 0.520. The summed E-state index contributed by atoms with van der Waals surface area (Å²) in [7, 11) is 0. The van der Waals surface area contributed by atoms with Gasteiger partial charge in [0.1, 0.15) is 5.52 Å². The van der Waals surface area contributed by atoms with Gasteiger partial charge in [-0.25, -0.2) is 9.97 Å². The van der Waals surface area contributed by atoms with E-state index in [-0.39, 0.29) is 39.6 Å². The molecule has 39 heavy (non-hydrogen) atoms. The molecule has 2 aromatic heterocycles. The molecule has 5 rings (SSSR count). The molecule has 1 saturated carbocycles. The highest BCUT2D eigenvalue weighted by Crippen LogP contribution is 2.42. The Morgan fingerprint density at radius 2 is 1.77 bits per heavy atom. The quantitative estimate of drug-likeness (QED) is 0.320. The van der Waals surface area contributed by atoms with E-state index in [4.69, 9.17) is 38.7 Å². The summed E-state index contributed by atoms with van der Waals surface area (Å²) >= 11 is 12.5. The van der Waals surface area contributed by atoms with Gasteiger partial charge in [-0.05, 0) is 57.1 Å². The Bertz CT molecular complexity index is 1330. The number of hydrogen-bond acceptors (Lipinski definition) is 7. The van der Waals surface area contributed by atoms with Crippen LogP contribution in [0.2, 0.25) is 10.0 Å². The minimum absolute atomic E-state index is 0.0958. The molecule has 1 saturated heterocycles. The van der Waals surface area contributed by atoms with Crippen LogP contribution in [0, 0.1) is 5.92 Å².